The van der Waals surface area contributed by atoms with E-state index < -0.39 is 51.0 Å². The molecule has 8 heterocycles. The molecule has 0 fully saturated rings. The van der Waals surface area contributed by atoms with E-state index in [-0.39, 0.29) is 70.6 Å². The van der Waals surface area contributed by atoms with Crippen molar-refractivity contribution in [2.45, 2.75) is 162 Å². The van der Waals surface area contributed by atoms with E-state index in [1.54, 1.807) is 98.4 Å². The summed E-state index contributed by atoms with van der Waals surface area (Å²) in [7, 11) is 6.88. The first-order valence-electron chi connectivity index (χ1n) is 48.3. The molecule has 4 unspecified atom stereocenters. The molecule has 8 aromatic carbocycles. The minimum Gasteiger partial charge on any atom is -0.466 e. The number of furan rings is 4. The van der Waals surface area contributed by atoms with Gasteiger partial charge in [0.05, 0.1) is 59.5 Å². The molecule has 12 heteroatoms. The standard InChI is InChI=1S/4C25H25N2O/c1-14(2)18-12-17(5)27(7)21(13-18)23-16(4)8-10-19-22-15(3)9-11-20(26-6)25(22)28-24(19)23;1-14(2)18-12-17(5)27(7)21(13-18)22-15(3)8-10-19-20-11-9-16(4)23(26-6)25(20)28-24(19)22;1-14(2)18-12-17(5)27(7)22(13-18)23-16(4)8-9-19-20-10-15(3)11-21(26-6)24(20)28-25(19)23;1-14(2)18-12-17(5)27(7)21(13-18)23-16(4)11-15(3)22-19-9-8-10-20(26-6)24(19)28-25(22)23/h4*8-14H,1-5,7H3/q4*+1/i4*1D3,12D,13D,14D. The highest BCUT2D eigenvalue weighted by molar-refractivity contribution is 6.17. The topological polar surface area (TPSA) is 85.5 Å². The largest absolute Gasteiger partial charge is 0.466 e. The van der Waals surface area contributed by atoms with Gasteiger partial charge in [0.15, 0.2) is 22.8 Å². The molecule has 560 valence electrons. The van der Waals surface area contributed by atoms with Crippen LogP contribution < -0.4 is 18.3 Å². The molecule has 0 radical (unpaired) electrons. The Bertz CT molecular complexity index is 7920. The zero-order valence-corrected chi connectivity index (χ0v) is 66.4. The van der Waals surface area contributed by atoms with E-state index in [4.69, 9.17) is 76.9 Å². The van der Waals surface area contributed by atoms with Crippen LogP contribution in [0.25, 0.3) is 152 Å². The van der Waals surface area contributed by atoms with Gasteiger partial charge in [0.1, 0.15) is 72.9 Å². The average molecular weight is 1500 g/mol. The Morgan fingerprint density at radius 1 is 0.321 bits per heavy atom. The predicted octanol–water partition coefficient (Wildman–Crippen LogP) is 26.7. The van der Waals surface area contributed by atoms with Crippen LogP contribution in [-0.2, 0) is 28.2 Å². The van der Waals surface area contributed by atoms with E-state index in [0.717, 1.165) is 87.6 Å². The molecule has 0 amide bonds. The first-order chi connectivity index (χ1) is 62.9. The van der Waals surface area contributed by atoms with Gasteiger partial charge in [-0.05, 0) is 146 Å². The van der Waals surface area contributed by atoms with Crippen LogP contribution in [0.5, 0.6) is 0 Å². The molecule has 0 aliphatic heterocycles. The van der Waals surface area contributed by atoms with Crippen molar-refractivity contribution in [3.63, 3.8) is 0 Å². The lowest BCUT2D eigenvalue weighted by atomic mass is 9.94. The van der Waals surface area contributed by atoms with Crippen LogP contribution in [0.1, 0.15) is 201 Å². The molecular formula is C100H100N8O4+4. The highest BCUT2D eigenvalue weighted by atomic mass is 16.3. The number of aromatic nitrogens is 4. The minimum absolute atomic E-state index is 0.134. The Morgan fingerprint density at radius 3 is 1.12 bits per heavy atom. The summed E-state index contributed by atoms with van der Waals surface area (Å²) >= 11 is 0. The van der Waals surface area contributed by atoms with Gasteiger partial charge in [-0.25, -0.2) is 19.4 Å². The molecular weight excluding hydrogens is 1380 g/mol. The second-order valence-corrected chi connectivity index (χ2v) is 28.8. The fourth-order valence-electron chi connectivity index (χ4n) is 14.7. The monoisotopic (exact) mass is 1500 g/mol. The first kappa shape index (κ1) is 52.6. The summed E-state index contributed by atoms with van der Waals surface area (Å²) in [5.74, 6) is -8.62. The number of hydrogen-bond donors (Lipinski definition) is 0. The lowest BCUT2D eigenvalue weighted by molar-refractivity contribution is -0.666. The van der Waals surface area contributed by atoms with Crippen LogP contribution in [0.2, 0.25) is 0 Å². The van der Waals surface area contributed by atoms with Crippen LogP contribution in [0.3, 0.4) is 0 Å². The summed E-state index contributed by atoms with van der Waals surface area (Å²) in [6, 6.07) is 28.6. The number of pyridine rings is 4. The number of nitrogens with zero attached hydrogens (tertiary/aromatic N) is 8. The maximum Gasteiger partial charge on any atom is 0.232 e. The predicted molar refractivity (Wildman–Crippen MR) is 460 cm³/mol. The van der Waals surface area contributed by atoms with Gasteiger partial charge in [-0.15, -0.1) is 0 Å². The van der Waals surface area contributed by atoms with Gasteiger partial charge in [0.25, 0.3) is 0 Å². The Labute approximate surface area is 692 Å². The number of benzene rings is 8. The van der Waals surface area contributed by atoms with Gasteiger partial charge in [0.2, 0.25) is 45.5 Å². The third-order valence-electron chi connectivity index (χ3n) is 21.1. The van der Waals surface area contributed by atoms with Crippen molar-refractivity contribution < 1.29 is 68.8 Å². The molecule has 112 heavy (non-hydrogen) atoms. The zero-order valence-electron chi connectivity index (χ0n) is 90.4. The summed E-state index contributed by atoms with van der Waals surface area (Å²) in [6.07, 6.45) is 0. The number of fused-ring (bicyclic) bond motifs is 12. The van der Waals surface area contributed by atoms with Crippen LogP contribution >= 0.6 is 0 Å². The van der Waals surface area contributed by atoms with Gasteiger partial charge in [0, 0.05) is 141 Å². The molecule has 0 aliphatic rings. The van der Waals surface area contributed by atoms with Crippen molar-refractivity contribution in [1.29, 1.82) is 0 Å². The van der Waals surface area contributed by atoms with E-state index in [1.807, 2.05) is 128 Å². The molecule has 0 aliphatic carbocycles. The molecule has 4 atom stereocenters. The van der Waals surface area contributed by atoms with E-state index >= 15 is 0 Å². The summed E-state index contributed by atoms with van der Waals surface area (Å²) < 4.78 is 232. The molecule has 0 saturated carbocycles. The van der Waals surface area contributed by atoms with E-state index in [1.165, 1.54) is 27.7 Å². The summed E-state index contributed by atoms with van der Waals surface area (Å²) in [6.45, 7) is 46.1. The Balaban J connectivity index is 0.000000153. The first-order valence-corrected chi connectivity index (χ1v) is 36.3. The lowest BCUT2D eigenvalue weighted by Gasteiger charge is -2.12. The molecule has 0 N–H and O–H groups in total. The number of hydrogen-bond acceptors (Lipinski definition) is 4. The Morgan fingerprint density at radius 2 is 0.670 bits per heavy atom. The average Bonchev–Trinajstić information content (AvgIpc) is 0.936. The van der Waals surface area contributed by atoms with Gasteiger partial charge in [-0.2, -0.15) is 18.3 Å². The fourth-order valence-corrected chi connectivity index (χ4v) is 14.7. The smallest absolute Gasteiger partial charge is 0.232 e. The number of para-hydroxylation sites is 1. The van der Waals surface area contributed by atoms with Crippen molar-refractivity contribution in [1.82, 2.24) is 0 Å². The fraction of sp³-hybridized carbons (Fsp3) is 0.280. The highest BCUT2D eigenvalue weighted by Gasteiger charge is 2.30. The highest BCUT2D eigenvalue weighted by Crippen LogP contribution is 2.47. The third-order valence-corrected chi connectivity index (χ3v) is 21.1. The minimum atomic E-state index is -2.73. The van der Waals surface area contributed by atoms with Crippen molar-refractivity contribution in [3.8, 4) is 45.0 Å². The van der Waals surface area contributed by atoms with Crippen molar-refractivity contribution in [3.05, 3.63) is 281 Å². The third kappa shape index (κ3) is 13.6. The molecule has 0 spiro atoms. The number of rotatable bonds is 8. The van der Waals surface area contributed by atoms with E-state index in [0.29, 0.717) is 135 Å². The van der Waals surface area contributed by atoms with Crippen LogP contribution in [0, 0.1) is 109 Å². The maximum atomic E-state index is 9.04. The van der Waals surface area contributed by atoms with Gasteiger partial charge in [-0.1, -0.05) is 152 Å². The SMILES string of the molecule is [2H]c1c(C([2H])(C)C([2H])([2H])[2H])c([2H])c(-c2c(C)cc(C)c3c2oc2c([N+]#[C-])cccc23)[n+](C)c1C.[2H]c1c(C([2H])(C)C([2H])([2H])[2H])c([2H])c(-c2c(C)ccc3c2oc2c([N+]#[C-])c(C)ccc23)[n+](C)c1C.[2H]c1c(C([2H])(C)C([2H])([2H])[2H])c([2H])c(-c2c(C)ccc3c2oc2c([N+]#[C-])cc(C)cc23)[n+](C)c1C.[2H]c1c(C([2H])(C)C([2H])([2H])[2H])c([2H])c(-c2c(C)ccc3c2oc2c([N+]#[C-])ccc(C)c23)[n+](C)c1C. The van der Waals surface area contributed by atoms with Gasteiger partial charge >= 0.3 is 0 Å². The maximum absolute atomic E-state index is 9.04. The van der Waals surface area contributed by atoms with Crippen molar-refractivity contribution in [2.75, 3.05) is 0 Å². The van der Waals surface area contributed by atoms with Crippen LogP contribution in [0.4, 0.5) is 22.7 Å². The van der Waals surface area contributed by atoms with E-state index in [2.05, 4.69) is 19.4 Å². The molecule has 16 aromatic rings. The zero-order chi connectivity index (χ0) is 101. The van der Waals surface area contributed by atoms with Crippen LogP contribution in [0.15, 0.2) is 163 Å². The Hall–Kier alpha value is -12.5. The number of aryl methyl sites for hydroxylation is 8. The van der Waals surface area contributed by atoms with Crippen molar-refractivity contribution >= 4 is 111 Å². The summed E-state index contributed by atoms with van der Waals surface area (Å²) in [5, 5.41) is 6.35. The Kier molecular flexibility index (Phi) is 14.3. The lowest BCUT2D eigenvalue weighted by Crippen LogP contribution is -2.35. The van der Waals surface area contributed by atoms with Gasteiger partial charge in [-0.3, -0.25) is 0 Å². The quantitative estimate of drug-likeness (QED) is 0.112. The van der Waals surface area contributed by atoms with E-state index in [9.17, 15) is 0 Å². The molecule has 0 bridgehead atoms. The second-order valence-electron chi connectivity index (χ2n) is 28.8. The molecule has 12 nitrogen and oxygen atoms in total. The molecule has 16 rings (SSSR count). The van der Waals surface area contributed by atoms with Crippen LogP contribution in [-0.4, -0.2) is 0 Å². The summed E-state index contributed by atoms with van der Waals surface area (Å²) in [4.78, 5) is 14.5. The van der Waals surface area contributed by atoms with Crippen molar-refractivity contribution in [2.24, 2.45) is 28.2 Å². The second kappa shape index (κ2) is 30.4. The molecule has 0 saturated heterocycles. The van der Waals surface area contributed by atoms with Gasteiger partial charge < -0.3 is 17.7 Å². The normalized spacial score (nSPS) is 17.1. The summed E-state index contributed by atoms with van der Waals surface area (Å²) in [5.41, 5.74) is 17.2. The molecule has 8 aromatic heterocycles.